The van der Waals surface area contributed by atoms with Gasteiger partial charge in [0.2, 0.25) is 0 Å². The van der Waals surface area contributed by atoms with Crippen molar-refractivity contribution < 1.29 is 9.21 Å². The summed E-state index contributed by atoms with van der Waals surface area (Å²) in [5.41, 5.74) is 1.92. The summed E-state index contributed by atoms with van der Waals surface area (Å²) in [6.07, 6.45) is 0.801. The van der Waals surface area contributed by atoms with E-state index in [1.165, 1.54) is 0 Å². The Hall–Kier alpha value is -1.64. The highest BCUT2D eigenvalue weighted by molar-refractivity contribution is 5.93. The van der Waals surface area contributed by atoms with E-state index in [0.29, 0.717) is 22.6 Å². The molecule has 0 aliphatic heterocycles. The van der Waals surface area contributed by atoms with Crippen LogP contribution in [-0.2, 0) is 0 Å². The lowest BCUT2D eigenvalue weighted by molar-refractivity contribution is 0.112. The molecule has 0 saturated heterocycles. The Kier molecular flexibility index (Phi) is 2.08. The third-order valence-corrected chi connectivity index (χ3v) is 2.09. The van der Waals surface area contributed by atoms with Gasteiger partial charge in [-0.3, -0.25) is 4.79 Å². The smallest absolute Gasteiger partial charge is 0.198 e. The number of para-hydroxylation sites is 1. The van der Waals surface area contributed by atoms with Crippen molar-refractivity contribution in [2.24, 2.45) is 0 Å². The highest BCUT2D eigenvalue weighted by Gasteiger charge is 2.11. The molecule has 0 fully saturated rings. The van der Waals surface area contributed by atoms with Gasteiger partial charge < -0.3 is 4.42 Å². The molecule has 0 atom stereocenters. The summed E-state index contributed by atoms with van der Waals surface area (Å²) in [7, 11) is 0. The number of oxazole rings is 1. The molecule has 0 amide bonds. The van der Waals surface area contributed by atoms with Crippen molar-refractivity contribution in [3.05, 3.63) is 29.7 Å². The van der Waals surface area contributed by atoms with E-state index in [-0.39, 0.29) is 5.92 Å². The van der Waals surface area contributed by atoms with Crippen molar-refractivity contribution in [3.63, 3.8) is 0 Å². The van der Waals surface area contributed by atoms with E-state index in [1.807, 2.05) is 19.9 Å². The molecule has 0 bridgehead atoms. The predicted molar refractivity (Wildman–Crippen MR) is 53.5 cm³/mol. The summed E-state index contributed by atoms with van der Waals surface area (Å²) in [5.74, 6) is 0.913. The number of fused-ring (bicyclic) bond motifs is 1. The van der Waals surface area contributed by atoms with Crippen LogP contribution in [0.5, 0.6) is 0 Å². The molecule has 1 heterocycles. The first-order valence-corrected chi connectivity index (χ1v) is 4.57. The first-order chi connectivity index (χ1) is 6.72. The molecule has 0 N–H and O–H groups in total. The number of hydrogen-bond acceptors (Lipinski definition) is 3. The molecule has 3 nitrogen and oxygen atoms in total. The van der Waals surface area contributed by atoms with E-state index in [0.717, 1.165) is 6.29 Å². The quantitative estimate of drug-likeness (QED) is 0.682. The normalized spacial score (nSPS) is 11.1. The van der Waals surface area contributed by atoms with Crippen LogP contribution in [0, 0.1) is 0 Å². The fraction of sp³-hybridized carbons (Fsp3) is 0.273. The maximum atomic E-state index is 10.7. The Bertz CT molecular complexity index is 471. The summed E-state index contributed by atoms with van der Waals surface area (Å²) >= 11 is 0. The minimum Gasteiger partial charge on any atom is -0.440 e. The first-order valence-electron chi connectivity index (χ1n) is 4.57. The Morgan fingerprint density at radius 1 is 1.43 bits per heavy atom. The zero-order valence-electron chi connectivity index (χ0n) is 8.15. The second kappa shape index (κ2) is 3.25. The van der Waals surface area contributed by atoms with Gasteiger partial charge in [-0.1, -0.05) is 19.9 Å². The molecule has 0 unspecified atom stereocenters. The number of benzene rings is 1. The van der Waals surface area contributed by atoms with Crippen LogP contribution in [-0.4, -0.2) is 11.3 Å². The lowest BCUT2D eigenvalue weighted by atomic mass is 10.2. The van der Waals surface area contributed by atoms with Crippen molar-refractivity contribution in [2.45, 2.75) is 19.8 Å². The molecule has 1 aromatic heterocycles. The lowest BCUT2D eigenvalue weighted by Crippen LogP contribution is -1.86. The number of hydrogen-bond donors (Lipinski definition) is 0. The molecule has 72 valence electrons. The molecule has 3 heteroatoms. The average Bonchev–Trinajstić information content (AvgIpc) is 2.60. The minimum atomic E-state index is 0.238. The molecular weight excluding hydrogens is 178 g/mol. The lowest BCUT2D eigenvalue weighted by Gasteiger charge is -1.93. The second-order valence-electron chi connectivity index (χ2n) is 3.52. The Morgan fingerprint density at radius 3 is 2.86 bits per heavy atom. The summed E-state index contributed by atoms with van der Waals surface area (Å²) < 4.78 is 5.50. The first kappa shape index (κ1) is 8.94. The summed E-state index contributed by atoms with van der Waals surface area (Å²) in [6.45, 7) is 4.01. The average molecular weight is 189 g/mol. The zero-order valence-corrected chi connectivity index (χ0v) is 8.15. The van der Waals surface area contributed by atoms with Crippen molar-refractivity contribution in [2.75, 3.05) is 0 Å². The van der Waals surface area contributed by atoms with E-state index >= 15 is 0 Å². The van der Waals surface area contributed by atoms with Crippen LogP contribution in [0.3, 0.4) is 0 Å². The fourth-order valence-corrected chi connectivity index (χ4v) is 1.33. The van der Waals surface area contributed by atoms with Gasteiger partial charge in [0.05, 0.1) is 0 Å². The Morgan fingerprint density at radius 2 is 2.21 bits per heavy atom. The number of aromatic nitrogens is 1. The van der Waals surface area contributed by atoms with Gasteiger partial charge in [0.25, 0.3) is 0 Å². The van der Waals surface area contributed by atoms with Gasteiger partial charge in [-0.25, -0.2) is 4.98 Å². The molecule has 1 aromatic carbocycles. The Balaban J connectivity index is 2.70. The SMILES string of the molecule is CC(C)c1nc2c(C=O)cccc2o1. The van der Waals surface area contributed by atoms with E-state index < -0.39 is 0 Å². The summed E-state index contributed by atoms with van der Waals surface area (Å²) in [4.78, 5) is 15.0. The van der Waals surface area contributed by atoms with Crippen molar-refractivity contribution in [1.29, 1.82) is 0 Å². The summed E-state index contributed by atoms with van der Waals surface area (Å²) in [6, 6.07) is 5.35. The van der Waals surface area contributed by atoms with Crippen LogP contribution in [0.1, 0.15) is 36.0 Å². The van der Waals surface area contributed by atoms with Gasteiger partial charge in [0, 0.05) is 11.5 Å². The molecular formula is C11H11NO2. The molecule has 2 rings (SSSR count). The van der Waals surface area contributed by atoms with Gasteiger partial charge in [0.15, 0.2) is 17.8 Å². The second-order valence-corrected chi connectivity index (χ2v) is 3.52. The molecule has 14 heavy (non-hydrogen) atoms. The monoisotopic (exact) mass is 189 g/mol. The van der Waals surface area contributed by atoms with Crippen LogP contribution < -0.4 is 0 Å². The number of aldehydes is 1. The third kappa shape index (κ3) is 1.31. The molecule has 0 saturated carbocycles. The molecule has 0 aliphatic rings. The van der Waals surface area contributed by atoms with Crippen LogP contribution in [0.25, 0.3) is 11.1 Å². The van der Waals surface area contributed by atoms with Crippen molar-refractivity contribution in [3.8, 4) is 0 Å². The zero-order chi connectivity index (χ0) is 10.1. The minimum absolute atomic E-state index is 0.238. The number of rotatable bonds is 2. The van der Waals surface area contributed by atoms with E-state index in [4.69, 9.17) is 4.42 Å². The van der Waals surface area contributed by atoms with Crippen molar-refractivity contribution >= 4 is 17.4 Å². The van der Waals surface area contributed by atoms with Crippen LogP contribution in [0.4, 0.5) is 0 Å². The number of carbonyl (C=O) groups excluding carboxylic acids is 1. The van der Waals surface area contributed by atoms with Gasteiger partial charge in [0.1, 0.15) is 5.52 Å². The molecule has 2 aromatic rings. The van der Waals surface area contributed by atoms with E-state index in [2.05, 4.69) is 4.98 Å². The molecule has 0 radical (unpaired) electrons. The molecule has 0 spiro atoms. The van der Waals surface area contributed by atoms with Crippen LogP contribution in [0.15, 0.2) is 22.6 Å². The van der Waals surface area contributed by atoms with Crippen LogP contribution in [0.2, 0.25) is 0 Å². The molecule has 0 aliphatic carbocycles. The maximum absolute atomic E-state index is 10.7. The van der Waals surface area contributed by atoms with Gasteiger partial charge in [-0.15, -0.1) is 0 Å². The van der Waals surface area contributed by atoms with E-state index in [1.54, 1.807) is 12.1 Å². The predicted octanol–water partition coefficient (Wildman–Crippen LogP) is 2.76. The topological polar surface area (TPSA) is 43.1 Å². The fourth-order valence-electron chi connectivity index (χ4n) is 1.33. The van der Waals surface area contributed by atoms with Crippen molar-refractivity contribution in [1.82, 2.24) is 4.98 Å². The van der Waals surface area contributed by atoms with Crippen LogP contribution >= 0.6 is 0 Å². The largest absolute Gasteiger partial charge is 0.440 e. The highest BCUT2D eigenvalue weighted by atomic mass is 16.3. The van der Waals surface area contributed by atoms with Gasteiger partial charge in [-0.05, 0) is 12.1 Å². The number of carbonyl (C=O) groups is 1. The van der Waals surface area contributed by atoms with Gasteiger partial charge in [-0.2, -0.15) is 0 Å². The third-order valence-electron chi connectivity index (χ3n) is 2.09. The highest BCUT2D eigenvalue weighted by Crippen LogP contribution is 2.22. The van der Waals surface area contributed by atoms with Gasteiger partial charge >= 0.3 is 0 Å². The standard InChI is InChI=1S/C11H11NO2/c1-7(2)11-12-10-8(6-13)4-3-5-9(10)14-11/h3-7H,1-2H3. The number of nitrogens with zero attached hydrogens (tertiary/aromatic N) is 1. The maximum Gasteiger partial charge on any atom is 0.198 e. The van der Waals surface area contributed by atoms with E-state index in [9.17, 15) is 4.79 Å². The summed E-state index contributed by atoms with van der Waals surface area (Å²) in [5, 5.41) is 0. The Labute approximate surface area is 81.7 Å².